The number of carboxylic acid groups (broad SMARTS) is 1. The first-order chi connectivity index (χ1) is 16.5. The third-order valence-corrected chi connectivity index (χ3v) is 4.97. The van der Waals surface area contributed by atoms with Gasteiger partial charge in [0.05, 0.1) is 6.61 Å². The van der Waals surface area contributed by atoms with E-state index in [4.69, 9.17) is 14.6 Å². The molecule has 1 heterocycles. The molecular weight excluding hydrogens is 456 g/mol. The summed E-state index contributed by atoms with van der Waals surface area (Å²) in [6.07, 6.45) is 9.79. The Morgan fingerprint density at radius 3 is 1.77 bits per heavy atom. The molecule has 0 amide bonds. The quantitative estimate of drug-likeness (QED) is 0.175. The number of rotatable bonds is 10. The van der Waals surface area contributed by atoms with Crippen LogP contribution in [-0.2, 0) is 19.1 Å². The largest absolute Gasteiger partial charge is 0.478 e. The highest BCUT2D eigenvalue weighted by Gasteiger charge is 2.45. The van der Waals surface area contributed by atoms with Crippen molar-refractivity contribution in [3.05, 3.63) is 83.1 Å². The summed E-state index contributed by atoms with van der Waals surface area (Å²) in [5.74, 6) is -1.75. The summed E-state index contributed by atoms with van der Waals surface area (Å²) in [6.45, 7) is 6.16. The van der Waals surface area contributed by atoms with Gasteiger partial charge in [-0.3, -0.25) is 0 Å². The number of aliphatic carboxylic acids is 1. The zero-order valence-corrected chi connectivity index (χ0v) is 20.2. The van der Waals surface area contributed by atoms with Gasteiger partial charge in [-0.25, -0.2) is 9.59 Å². The molecule has 1 saturated heterocycles. The summed E-state index contributed by atoms with van der Waals surface area (Å²) in [6, 6.07) is 0. The summed E-state index contributed by atoms with van der Waals surface area (Å²) in [7, 11) is 0. The van der Waals surface area contributed by atoms with Gasteiger partial charge < -0.3 is 35.0 Å². The zero-order chi connectivity index (χ0) is 26.5. The van der Waals surface area contributed by atoms with Crippen LogP contribution in [0.5, 0.6) is 0 Å². The van der Waals surface area contributed by atoms with Gasteiger partial charge in [-0.1, -0.05) is 71.9 Å². The van der Waals surface area contributed by atoms with E-state index in [9.17, 15) is 30.0 Å². The van der Waals surface area contributed by atoms with Gasteiger partial charge in [0, 0.05) is 11.1 Å². The molecular formula is C26H34O9. The van der Waals surface area contributed by atoms with E-state index in [0.29, 0.717) is 0 Å². The van der Waals surface area contributed by atoms with Gasteiger partial charge in [0.2, 0.25) is 6.29 Å². The summed E-state index contributed by atoms with van der Waals surface area (Å²) < 4.78 is 10.2. The van der Waals surface area contributed by atoms with Crippen LogP contribution in [0.2, 0.25) is 0 Å². The normalized spacial score (nSPS) is 27.3. The first-order valence-corrected chi connectivity index (χ1v) is 10.9. The molecule has 5 N–H and O–H groups in total. The zero-order valence-electron chi connectivity index (χ0n) is 20.2. The van der Waals surface area contributed by atoms with Crippen LogP contribution in [0.15, 0.2) is 83.1 Å². The summed E-state index contributed by atoms with van der Waals surface area (Å²) >= 11 is 0. The van der Waals surface area contributed by atoms with E-state index in [0.717, 1.165) is 11.1 Å². The Balaban J connectivity index is 2.64. The maximum atomic E-state index is 12.2. The molecule has 0 aromatic carbocycles. The van der Waals surface area contributed by atoms with Crippen LogP contribution < -0.4 is 0 Å². The molecule has 0 bridgehead atoms. The molecule has 1 rings (SSSR count). The molecule has 5 unspecified atom stereocenters. The molecule has 0 aliphatic carbocycles. The standard InChI is InChI=1S/C26H34O9/c1-16(11-7-13-18(3)24(31)32)9-5-6-10-17(2)12-8-14-19(4)25(33)35-26-23(30)22(29)21(28)20(15-27)34-26/h5-14,20-23,26-30H,15H2,1-4H3,(H,31,32). The number of carbonyl (C=O) groups is 2. The van der Waals surface area contributed by atoms with E-state index >= 15 is 0 Å². The van der Waals surface area contributed by atoms with Crippen molar-refractivity contribution in [3.63, 3.8) is 0 Å². The highest BCUT2D eigenvalue weighted by Crippen LogP contribution is 2.22. The van der Waals surface area contributed by atoms with Crippen molar-refractivity contribution >= 4 is 11.9 Å². The first-order valence-electron chi connectivity index (χ1n) is 10.9. The number of carboxylic acids is 1. The summed E-state index contributed by atoms with van der Waals surface area (Å²) in [4.78, 5) is 23.0. The van der Waals surface area contributed by atoms with Gasteiger partial charge in [-0.05, 0) is 27.7 Å². The van der Waals surface area contributed by atoms with Crippen molar-refractivity contribution in [1.29, 1.82) is 0 Å². The van der Waals surface area contributed by atoms with Gasteiger partial charge in [0.1, 0.15) is 24.4 Å². The van der Waals surface area contributed by atoms with Crippen LogP contribution in [0.4, 0.5) is 0 Å². The molecule has 0 aromatic heterocycles. The molecule has 0 radical (unpaired) electrons. The number of hydrogen-bond donors (Lipinski definition) is 5. The number of carbonyl (C=O) groups excluding carboxylic acids is 1. The van der Waals surface area contributed by atoms with E-state index < -0.39 is 49.3 Å². The Hall–Kier alpha value is -3.08. The maximum Gasteiger partial charge on any atom is 0.336 e. The van der Waals surface area contributed by atoms with Crippen molar-refractivity contribution in [2.75, 3.05) is 6.61 Å². The van der Waals surface area contributed by atoms with Gasteiger partial charge in [0.15, 0.2) is 0 Å². The van der Waals surface area contributed by atoms with E-state index in [2.05, 4.69) is 0 Å². The highest BCUT2D eigenvalue weighted by molar-refractivity contribution is 5.88. The monoisotopic (exact) mass is 490 g/mol. The van der Waals surface area contributed by atoms with Crippen LogP contribution in [0.25, 0.3) is 0 Å². The smallest absolute Gasteiger partial charge is 0.336 e. The molecule has 5 atom stereocenters. The lowest BCUT2D eigenvalue weighted by Gasteiger charge is -2.39. The van der Waals surface area contributed by atoms with Crippen LogP contribution in [0.1, 0.15) is 27.7 Å². The molecule has 0 aromatic rings. The third-order valence-electron chi connectivity index (χ3n) is 4.97. The van der Waals surface area contributed by atoms with Crippen LogP contribution in [-0.4, -0.2) is 74.8 Å². The molecule has 1 aliphatic rings. The van der Waals surface area contributed by atoms with Crippen LogP contribution >= 0.6 is 0 Å². The molecule has 9 heteroatoms. The van der Waals surface area contributed by atoms with Gasteiger partial charge in [0.25, 0.3) is 0 Å². The Morgan fingerprint density at radius 2 is 1.29 bits per heavy atom. The Morgan fingerprint density at radius 1 is 0.771 bits per heavy atom. The molecule has 1 fully saturated rings. The van der Waals surface area contributed by atoms with Crippen molar-refractivity contribution in [1.82, 2.24) is 0 Å². The summed E-state index contributed by atoms with van der Waals surface area (Å²) in [5, 5.41) is 47.5. The Labute approximate surface area is 205 Å². The van der Waals surface area contributed by atoms with Crippen molar-refractivity contribution in [2.24, 2.45) is 0 Å². The van der Waals surface area contributed by atoms with E-state index in [-0.39, 0.29) is 11.1 Å². The average Bonchev–Trinajstić information content (AvgIpc) is 2.81. The fourth-order valence-electron chi connectivity index (χ4n) is 2.72. The minimum absolute atomic E-state index is 0.207. The molecule has 0 spiro atoms. The second-order valence-electron chi connectivity index (χ2n) is 8.03. The number of aliphatic hydroxyl groups excluding tert-OH is 4. The van der Waals surface area contributed by atoms with Crippen molar-refractivity contribution < 1.29 is 44.6 Å². The molecule has 0 saturated carbocycles. The predicted octanol–water partition coefficient (Wildman–Crippen LogP) is 1.87. The molecule has 35 heavy (non-hydrogen) atoms. The lowest BCUT2D eigenvalue weighted by atomic mass is 9.99. The molecule has 9 nitrogen and oxygen atoms in total. The van der Waals surface area contributed by atoms with Gasteiger partial charge >= 0.3 is 11.9 Å². The topological polar surface area (TPSA) is 154 Å². The highest BCUT2D eigenvalue weighted by atomic mass is 16.7. The van der Waals surface area contributed by atoms with Crippen LogP contribution in [0.3, 0.4) is 0 Å². The number of ether oxygens (including phenoxy) is 2. The fraction of sp³-hybridized carbons (Fsp3) is 0.385. The Bertz CT molecular complexity index is 948. The number of esters is 1. The minimum Gasteiger partial charge on any atom is -0.478 e. The van der Waals surface area contributed by atoms with Gasteiger partial charge in [-0.2, -0.15) is 0 Å². The van der Waals surface area contributed by atoms with Crippen molar-refractivity contribution in [3.8, 4) is 0 Å². The second-order valence-corrected chi connectivity index (χ2v) is 8.03. The second kappa shape index (κ2) is 15.0. The van der Waals surface area contributed by atoms with E-state index in [1.807, 2.05) is 38.2 Å². The lowest BCUT2D eigenvalue weighted by molar-refractivity contribution is -0.291. The SMILES string of the molecule is CC(C=CC=C(C)C(=O)O)=CC=CC=C(C)C=CC=C(C)C(=O)OC1OC(CO)C(O)C(O)C1O. The fourth-order valence-corrected chi connectivity index (χ4v) is 2.72. The molecule has 1 aliphatic heterocycles. The molecule has 192 valence electrons. The number of hydrogen-bond acceptors (Lipinski definition) is 8. The van der Waals surface area contributed by atoms with Crippen molar-refractivity contribution in [2.45, 2.75) is 58.4 Å². The average molecular weight is 491 g/mol. The van der Waals surface area contributed by atoms with E-state index in [1.54, 1.807) is 24.3 Å². The Kier molecular flexibility index (Phi) is 12.9. The summed E-state index contributed by atoms with van der Waals surface area (Å²) in [5.41, 5.74) is 2.29. The number of allylic oxidation sites excluding steroid dienone is 12. The predicted molar refractivity (Wildman–Crippen MR) is 130 cm³/mol. The van der Waals surface area contributed by atoms with E-state index in [1.165, 1.54) is 26.0 Å². The minimum atomic E-state index is -1.66. The third kappa shape index (κ3) is 10.4. The lowest BCUT2D eigenvalue weighted by Crippen LogP contribution is -2.59. The van der Waals surface area contributed by atoms with Crippen LogP contribution in [0, 0.1) is 0 Å². The van der Waals surface area contributed by atoms with Gasteiger partial charge in [-0.15, -0.1) is 0 Å². The first kappa shape index (κ1) is 30.0. The maximum absolute atomic E-state index is 12.2. The number of aliphatic hydroxyl groups is 4.